The summed E-state index contributed by atoms with van der Waals surface area (Å²) in [6.45, 7) is 0.813. The molecule has 0 atom stereocenters. The monoisotopic (exact) mass is 276 g/mol. The number of amides is 1. The third-order valence-corrected chi connectivity index (χ3v) is 3.12. The van der Waals surface area contributed by atoms with Crippen molar-refractivity contribution in [2.24, 2.45) is 7.05 Å². The van der Waals surface area contributed by atoms with Crippen LogP contribution in [-0.2, 0) is 7.05 Å². The SMILES string of the molecule is Cn1ncc(C(=O)NCCCCCO)c1-n1cccc1. The average molecular weight is 276 g/mol. The number of carbonyl (C=O) groups excluding carboxylic acids is 1. The molecule has 0 spiro atoms. The van der Waals surface area contributed by atoms with Crippen LogP contribution in [0.25, 0.3) is 5.82 Å². The first-order valence-electron chi connectivity index (χ1n) is 6.78. The van der Waals surface area contributed by atoms with Crippen LogP contribution in [-0.4, -0.2) is 38.5 Å². The van der Waals surface area contributed by atoms with Crippen molar-refractivity contribution >= 4 is 5.91 Å². The minimum atomic E-state index is -0.120. The molecule has 2 aromatic rings. The van der Waals surface area contributed by atoms with E-state index in [0.717, 1.165) is 25.1 Å². The van der Waals surface area contributed by atoms with Crippen LogP contribution in [0.15, 0.2) is 30.7 Å². The summed E-state index contributed by atoms with van der Waals surface area (Å²) in [5, 5.41) is 15.7. The van der Waals surface area contributed by atoms with E-state index >= 15 is 0 Å². The van der Waals surface area contributed by atoms with Crippen molar-refractivity contribution in [2.45, 2.75) is 19.3 Å². The fourth-order valence-electron chi connectivity index (χ4n) is 2.08. The number of hydrogen-bond acceptors (Lipinski definition) is 3. The molecule has 0 aliphatic carbocycles. The van der Waals surface area contributed by atoms with Crippen molar-refractivity contribution in [2.75, 3.05) is 13.2 Å². The third-order valence-electron chi connectivity index (χ3n) is 3.12. The van der Waals surface area contributed by atoms with E-state index in [0.29, 0.717) is 12.1 Å². The molecule has 0 saturated heterocycles. The molecule has 2 aromatic heterocycles. The summed E-state index contributed by atoms with van der Waals surface area (Å²) in [6, 6.07) is 3.81. The fraction of sp³-hybridized carbons (Fsp3) is 0.429. The van der Waals surface area contributed by atoms with Gasteiger partial charge in [0.25, 0.3) is 5.91 Å². The van der Waals surface area contributed by atoms with Crippen LogP contribution >= 0.6 is 0 Å². The van der Waals surface area contributed by atoms with Crippen molar-refractivity contribution in [3.05, 3.63) is 36.3 Å². The van der Waals surface area contributed by atoms with Crippen molar-refractivity contribution < 1.29 is 9.90 Å². The molecule has 1 amide bonds. The van der Waals surface area contributed by atoms with E-state index in [1.54, 1.807) is 10.9 Å². The number of aryl methyl sites for hydroxylation is 1. The number of aliphatic hydroxyl groups is 1. The molecule has 6 heteroatoms. The first kappa shape index (κ1) is 14.3. The highest BCUT2D eigenvalue weighted by atomic mass is 16.2. The van der Waals surface area contributed by atoms with Gasteiger partial charge in [-0.1, -0.05) is 0 Å². The lowest BCUT2D eigenvalue weighted by Crippen LogP contribution is -2.25. The second kappa shape index (κ2) is 6.91. The Labute approximate surface area is 118 Å². The highest BCUT2D eigenvalue weighted by molar-refractivity contribution is 5.97. The molecule has 0 fully saturated rings. The summed E-state index contributed by atoms with van der Waals surface area (Å²) in [7, 11) is 1.81. The quantitative estimate of drug-likeness (QED) is 0.744. The van der Waals surface area contributed by atoms with Crippen molar-refractivity contribution in [1.82, 2.24) is 19.7 Å². The van der Waals surface area contributed by atoms with Gasteiger partial charge in [0.05, 0.1) is 6.20 Å². The van der Waals surface area contributed by atoms with Crippen LogP contribution in [0.4, 0.5) is 0 Å². The number of unbranched alkanes of at least 4 members (excludes halogenated alkanes) is 2. The molecule has 0 aliphatic heterocycles. The van der Waals surface area contributed by atoms with E-state index in [9.17, 15) is 4.79 Å². The molecular weight excluding hydrogens is 256 g/mol. The Hall–Kier alpha value is -2.08. The largest absolute Gasteiger partial charge is 0.396 e. The Morgan fingerprint density at radius 3 is 2.75 bits per heavy atom. The van der Waals surface area contributed by atoms with Gasteiger partial charge in [-0.05, 0) is 31.4 Å². The van der Waals surface area contributed by atoms with E-state index < -0.39 is 0 Å². The van der Waals surface area contributed by atoms with Gasteiger partial charge in [0.2, 0.25) is 0 Å². The van der Waals surface area contributed by atoms with E-state index in [1.807, 2.05) is 36.1 Å². The van der Waals surface area contributed by atoms with Gasteiger partial charge in [-0.2, -0.15) is 5.10 Å². The summed E-state index contributed by atoms with van der Waals surface area (Å²) in [6.07, 6.45) is 7.90. The topological polar surface area (TPSA) is 72.1 Å². The number of rotatable bonds is 7. The highest BCUT2D eigenvalue weighted by Crippen LogP contribution is 2.13. The lowest BCUT2D eigenvalue weighted by Gasteiger charge is -2.08. The second-order valence-electron chi connectivity index (χ2n) is 4.64. The normalized spacial score (nSPS) is 10.7. The third kappa shape index (κ3) is 3.27. The van der Waals surface area contributed by atoms with Gasteiger partial charge < -0.3 is 15.0 Å². The maximum atomic E-state index is 12.2. The number of aliphatic hydroxyl groups excluding tert-OH is 1. The van der Waals surface area contributed by atoms with Crippen LogP contribution in [0.1, 0.15) is 29.6 Å². The van der Waals surface area contributed by atoms with Gasteiger partial charge in [-0.15, -0.1) is 0 Å². The molecule has 2 heterocycles. The van der Waals surface area contributed by atoms with E-state index in [4.69, 9.17) is 5.11 Å². The minimum absolute atomic E-state index is 0.120. The molecule has 0 radical (unpaired) electrons. The Kier molecular flexibility index (Phi) is 4.95. The molecule has 6 nitrogen and oxygen atoms in total. The smallest absolute Gasteiger partial charge is 0.256 e. The van der Waals surface area contributed by atoms with Gasteiger partial charge in [0.1, 0.15) is 11.4 Å². The predicted molar refractivity (Wildman–Crippen MR) is 75.8 cm³/mol. The predicted octanol–water partition coefficient (Wildman–Crippen LogP) is 1.10. The Balaban J connectivity index is 2.00. The molecule has 0 saturated carbocycles. The Morgan fingerprint density at radius 2 is 2.05 bits per heavy atom. The molecule has 108 valence electrons. The molecule has 0 bridgehead atoms. The lowest BCUT2D eigenvalue weighted by atomic mass is 10.2. The Bertz CT molecular complexity index is 546. The summed E-state index contributed by atoms with van der Waals surface area (Å²) < 4.78 is 3.55. The van der Waals surface area contributed by atoms with Gasteiger partial charge >= 0.3 is 0 Å². The minimum Gasteiger partial charge on any atom is -0.396 e. The van der Waals surface area contributed by atoms with E-state index in [2.05, 4.69) is 10.4 Å². The average Bonchev–Trinajstić information content (AvgIpc) is 3.07. The number of nitrogens with zero attached hydrogens (tertiary/aromatic N) is 3. The molecule has 0 unspecified atom stereocenters. The number of nitrogens with one attached hydrogen (secondary N) is 1. The molecule has 0 aliphatic rings. The molecule has 20 heavy (non-hydrogen) atoms. The van der Waals surface area contributed by atoms with Crippen molar-refractivity contribution in [3.63, 3.8) is 0 Å². The molecule has 2 rings (SSSR count). The molecular formula is C14H20N4O2. The number of carbonyl (C=O) groups is 1. The zero-order valence-electron chi connectivity index (χ0n) is 11.6. The number of hydrogen-bond donors (Lipinski definition) is 2. The zero-order chi connectivity index (χ0) is 14.4. The number of aromatic nitrogens is 3. The standard InChI is InChI=1S/C14H20N4O2/c1-17-14(18-8-4-5-9-18)12(11-16-17)13(20)15-7-3-2-6-10-19/h4-5,8-9,11,19H,2-3,6-7,10H2,1H3,(H,15,20). The summed E-state index contributed by atoms with van der Waals surface area (Å²) in [4.78, 5) is 12.2. The lowest BCUT2D eigenvalue weighted by molar-refractivity contribution is 0.0953. The summed E-state index contributed by atoms with van der Waals surface area (Å²) in [5.74, 6) is 0.633. The highest BCUT2D eigenvalue weighted by Gasteiger charge is 2.16. The van der Waals surface area contributed by atoms with Crippen molar-refractivity contribution in [3.8, 4) is 5.82 Å². The van der Waals surface area contributed by atoms with Crippen LogP contribution < -0.4 is 5.32 Å². The maximum Gasteiger partial charge on any atom is 0.256 e. The summed E-state index contributed by atoms with van der Waals surface area (Å²) in [5.41, 5.74) is 0.561. The van der Waals surface area contributed by atoms with Crippen LogP contribution in [0, 0.1) is 0 Å². The van der Waals surface area contributed by atoms with Gasteiger partial charge in [-0.25, -0.2) is 0 Å². The fourth-order valence-corrected chi connectivity index (χ4v) is 2.08. The van der Waals surface area contributed by atoms with Crippen molar-refractivity contribution in [1.29, 1.82) is 0 Å². The molecule has 0 aromatic carbocycles. The van der Waals surface area contributed by atoms with E-state index in [-0.39, 0.29) is 12.5 Å². The Morgan fingerprint density at radius 1 is 1.30 bits per heavy atom. The van der Waals surface area contributed by atoms with Gasteiger partial charge in [-0.3, -0.25) is 9.48 Å². The van der Waals surface area contributed by atoms with Gasteiger partial charge in [0.15, 0.2) is 0 Å². The molecule has 2 N–H and O–H groups in total. The van der Waals surface area contributed by atoms with Crippen LogP contribution in [0.3, 0.4) is 0 Å². The van der Waals surface area contributed by atoms with Crippen LogP contribution in [0.5, 0.6) is 0 Å². The first-order valence-corrected chi connectivity index (χ1v) is 6.78. The second-order valence-corrected chi connectivity index (χ2v) is 4.64. The maximum absolute atomic E-state index is 12.2. The van der Waals surface area contributed by atoms with Crippen LogP contribution in [0.2, 0.25) is 0 Å². The summed E-state index contributed by atoms with van der Waals surface area (Å²) >= 11 is 0. The first-order chi connectivity index (χ1) is 9.74. The van der Waals surface area contributed by atoms with E-state index in [1.165, 1.54) is 0 Å². The zero-order valence-corrected chi connectivity index (χ0v) is 11.6. The van der Waals surface area contributed by atoms with Gasteiger partial charge in [0, 0.05) is 32.6 Å².